The summed E-state index contributed by atoms with van der Waals surface area (Å²) in [6.45, 7) is 1.17. The maximum atomic E-state index is 11.4. The smallest absolute Gasteiger partial charge is 0.234 e. The Labute approximate surface area is 108 Å². The average molecular weight is 332 g/mol. The van der Waals surface area contributed by atoms with Crippen molar-refractivity contribution in [1.82, 2.24) is 5.43 Å². The van der Waals surface area contributed by atoms with Crippen molar-refractivity contribution in [3.05, 3.63) is 33.4 Å². The van der Waals surface area contributed by atoms with Gasteiger partial charge in [-0.2, -0.15) is 0 Å². The Morgan fingerprint density at radius 1 is 1.56 bits per heavy atom. The first-order valence-electron chi connectivity index (χ1n) is 4.99. The first kappa shape index (κ1) is 11.8. The molecule has 1 saturated heterocycles. The van der Waals surface area contributed by atoms with E-state index in [4.69, 9.17) is 10.6 Å². The van der Waals surface area contributed by atoms with Crippen molar-refractivity contribution < 1.29 is 9.53 Å². The molecule has 4 nitrogen and oxygen atoms in total. The molecule has 2 rings (SSSR count). The topological polar surface area (TPSA) is 64.3 Å². The van der Waals surface area contributed by atoms with E-state index in [2.05, 4.69) is 34.1 Å². The van der Waals surface area contributed by atoms with Crippen LogP contribution in [0.2, 0.25) is 0 Å². The van der Waals surface area contributed by atoms with Crippen molar-refractivity contribution in [2.45, 2.75) is 11.8 Å². The van der Waals surface area contributed by atoms with Gasteiger partial charge >= 0.3 is 0 Å². The van der Waals surface area contributed by atoms with Gasteiger partial charge in [0, 0.05) is 9.99 Å². The molecule has 1 aliphatic heterocycles. The lowest BCUT2D eigenvalue weighted by atomic mass is 9.76. The molecule has 0 bridgehead atoms. The maximum Gasteiger partial charge on any atom is 0.234 e. The molecule has 1 aliphatic rings. The molecular formula is C11H13IN2O2. The number of nitrogens with one attached hydrogen (secondary N) is 1. The first-order valence-corrected chi connectivity index (χ1v) is 6.07. The number of hydrogen-bond donors (Lipinski definition) is 2. The fourth-order valence-electron chi connectivity index (χ4n) is 1.90. The van der Waals surface area contributed by atoms with Crippen LogP contribution in [-0.4, -0.2) is 19.1 Å². The number of rotatable bonds is 3. The summed E-state index contributed by atoms with van der Waals surface area (Å²) >= 11 is 2.26. The summed E-state index contributed by atoms with van der Waals surface area (Å²) in [7, 11) is 0. The summed E-state index contributed by atoms with van der Waals surface area (Å²) in [5, 5.41) is 0. The first-order chi connectivity index (χ1) is 7.66. The summed E-state index contributed by atoms with van der Waals surface area (Å²) in [4.78, 5) is 11.4. The molecule has 16 heavy (non-hydrogen) atoms. The molecule has 0 unspecified atom stereocenters. The fourth-order valence-corrected chi connectivity index (χ4v) is 2.44. The predicted molar refractivity (Wildman–Crippen MR) is 68.6 cm³/mol. The molecule has 86 valence electrons. The fraction of sp³-hybridized carbons (Fsp3) is 0.364. The standard InChI is InChI=1S/C11H13IN2O2/c12-9-3-1-2-8(4-9)11(6-16-7-11)5-10(15)14-13/h1-4H,5-7,13H2,(H,14,15). The molecular weight excluding hydrogens is 319 g/mol. The molecule has 1 amide bonds. The molecule has 3 N–H and O–H groups in total. The summed E-state index contributed by atoms with van der Waals surface area (Å²) < 4.78 is 6.42. The second-order valence-electron chi connectivity index (χ2n) is 4.03. The lowest BCUT2D eigenvalue weighted by molar-refractivity contribution is -0.129. The molecule has 0 atom stereocenters. The third kappa shape index (κ3) is 2.21. The van der Waals surface area contributed by atoms with Crippen molar-refractivity contribution >= 4 is 28.5 Å². The summed E-state index contributed by atoms with van der Waals surface area (Å²) in [5.74, 6) is 4.97. The number of hydrazine groups is 1. The highest BCUT2D eigenvalue weighted by Crippen LogP contribution is 2.36. The molecule has 0 aromatic heterocycles. The molecule has 0 spiro atoms. The van der Waals surface area contributed by atoms with Crippen LogP contribution in [0.3, 0.4) is 0 Å². The van der Waals surface area contributed by atoms with Gasteiger partial charge < -0.3 is 4.74 Å². The van der Waals surface area contributed by atoms with Crippen LogP contribution in [0.1, 0.15) is 12.0 Å². The van der Waals surface area contributed by atoms with E-state index in [1.807, 2.05) is 18.2 Å². The number of benzene rings is 1. The number of hydrogen-bond acceptors (Lipinski definition) is 3. The van der Waals surface area contributed by atoms with Crippen molar-refractivity contribution in [3.63, 3.8) is 0 Å². The number of carbonyl (C=O) groups excluding carboxylic acids is 1. The van der Waals surface area contributed by atoms with Gasteiger partial charge in [0.1, 0.15) is 0 Å². The number of amides is 1. The maximum absolute atomic E-state index is 11.4. The number of halogens is 1. The lowest BCUT2D eigenvalue weighted by Gasteiger charge is -2.41. The van der Waals surface area contributed by atoms with Gasteiger partial charge in [0.25, 0.3) is 0 Å². The molecule has 0 aliphatic carbocycles. The number of ether oxygens (including phenoxy) is 1. The average Bonchev–Trinajstić information content (AvgIpc) is 2.23. The van der Waals surface area contributed by atoms with Crippen LogP contribution in [0.4, 0.5) is 0 Å². The minimum Gasteiger partial charge on any atom is -0.379 e. The predicted octanol–water partition coefficient (Wildman–Crippen LogP) is 0.939. The highest BCUT2D eigenvalue weighted by atomic mass is 127. The van der Waals surface area contributed by atoms with E-state index in [0.717, 1.165) is 9.13 Å². The summed E-state index contributed by atoms with van der Waals surface area (Å²) in [5.41, 5.74) is 3.13. The van der Waals surface area contributed by atoms with Crippen molar-refractivity contribution in [1.29, 1.82) is 0 Å². The molecule has 0 saturated carbocycles. The molecule has 1 fully saturated rings. The Morgan fingerprint density at radius 2 is 2.31 bits per heavy atom. The van der Waals surface area contributed by atoms with Crippen molar-refractivity contribution in [2.24, 2.45) is 5.84 Å². The Kier molecular flexibility index (Phi) is 3.46. The van der Waals surface area contributed by atoms with E-state index in [0.29, 0.717) is 19.6 Å². The zero-order valence-electron chi connectivity index (χ0n) is 8.70. The SMILES string of the molecule is NNC(=O)CC1(c2cccc(I)c2)COC1. The van der Waals surface area contributed by atoms with E-state index in [1.165, 1.54) is 0 Å². The van der Waals surface area contributed by atoms with Crippen LogP contribution in [-0.2, 0) is 14.9 Å². The monoisotopic (exact) mass is 332 g/mol. The zero-order valence-corrected chi connectivity index (χ0v) is 10.9. The normalized spacial score (nSPS) is 17.6. The van der Waals surface area contributed by atoms with Gasteiger partial charge in [-0.3, -0.25) is 10.2 Å². The molecule has 1 heterocycles. The number of carbonyl (C=O) groups is 1. The van der Waals surface area contributed by atoms with Crippen molar-refractivity contribution in [2.75, 3.05) is 13.2 Å². The highest BCUT2D eigenvalue weighted by Gasteiger charge is 2.42. The minimum atomic E-state index is -0.190. The highest BCUT2D eigenvalue weighted by molar-refractivity contribution is 14.1. The molecule has 1 aromatic carbocycles. The van der Waals surface area contributed by atoms with Crippen LogP contribution in [0.25, 0.3) is 0 Å². The van der Waals surface area contributed by atoms with E-state index in [9.17, 15) is 4.79 Å². The Hall–Kier alpha value is -0.660. The number of nitrogens with two attached hydrogens (primary N) is 1. The Balaban J connectivity index is 2.24. The lowest BCUT2D eigenvalue weighted by Crippen LogP contribution is -2.50. The molecule has 0 radical (unpaired) electrons. The third-order valence-electron chi connectivity index (χ3n) is 2.85. The van der Waals surface area contributed by atoms with Crippen LogP contribution in [0.15, 0.2) is 24.3 Å². The van der Waals surface area contributed by atoms with Crippen LogP contribution < -0.4 is 11.3 Å². The van der Waals surface area contributed by atoms with E-state index >= 15 is 0 Å². The van der Waals surface area contributed by atoms with Crippen LogP contribution in [0, 0.1) is 3.57 Å². The van der Waals surface area contributed by atoms with Gasteiger partial charge in [-0.15, -0.1) is 0 Å². The van der Waals surface area contributed by atoms with Gasteiger partial charge in [0.05, 0.1) is 18.6 Å². The van der Waals surface area contributed by atoms with Gasteiger partial charge in [-0.25, -0.2) is 5.84 Å². The van der Waals surface area contributed by atoms with E-state index in [1.54, 1.807) is 0 Å². The quantitative estimate of drug-likeness (QED) is 0.375. The van der Waals surface area contributed by atoms with Gasteiger partial charge in [0.2, 0.25) is 5.91 Å². The van der Waals surface area contributed by atoms with Gasteiger partial charge in [-0.1, -0.05) is 12.1 Å². The third-order valence-corrected chi connectivity index (χ3v) is 3.52. The van der Waals surface area contributed by atoms with Crippen LogP contribution in [0.5, 0.6) is 0 Å². The largest absolute Gasteiger partial charge is 0.379 e. The van der Waals surface area contributed by atoms with E-state index in [-0.39, 0.29) is 11.3 Å². The molecule has 5 heteroatoms. The van der Waals surface area contributed by atoms with Gasteiger partial charge in [0.15, 0.2) is 0 Å². The summed E-state index contributed by atoms with van der Waals surface area (Å²) in [6.07, 6.45) is 0.379. The Morgan fingerprint density at radius 3 is 2.81 bits per heavy atom. The summed E-state index contributed by atoms with van der Waals surface area (Å²) in [6, 6.07) is 8.15. The second kappa shape index (κ2) is 4.68. The Bertz CT molecular complexity index is 405. The minimum absolute atomic E-state index is 0.151. The zero-order chi connectivity index (χ0) is 11.6. The molecule has 1 aromatic rings. The van der Waals surface area contributed by atoms with Crippen molar-refractivity contribution in [3.8, 4) is 0 Å². The van der Waals surface area contributed by atoms with E-state index < -0.39 is 0 Å². The second-order valence-corrected chi connectivity index (χ2v) is 5.27. The van der Waals surface area contributed by atoms with Crippen LogP contribution >= 0.6 is 22.6 Å². The van der Waals surface area contributed by atoms with Gasteiger partial charge in [-0.05, 0) is 40.3 Å².